The van der Waals surface area contributed by atoms with Crippen LogP contribution in [0.3, 0.4) is 0 Å². The van der Waals surface area contributed by atoms with Gasteiger partial charge in [0.25, 0.3) is 0 Å². The number of rotatable bonds is 14. The Balaban J connectivity index is 2.04. The molecule has 1 rings (SSSR count). The SMILES string of the molecule is CCNC(=NCCCOCCOC)NCCCCN1CCN(CC)CC1. The molecule has 26 heavy (non-hydrogen) atoms. The molecule has 0 saturated carbocycles. The number of hydrogen-bond donors (Lipinski definition) is 2. The largest absolute Gasteiger partial charge is 0.382 e. The number of hydrogen-bond acceptors (Lipinski definition) is 5. The number of piperazine rings is 1. The molecular weight excluding hydrogens is 330 g/mol. The van der Waals surface area contributed by atoms with Crippen LogP contribution in [0, 0.1) is 0 Å². The summed E-state index contributed by atoms with van der Waals surface area (Å²) >= 11 is 0. The molecule has 0 amide bonds. The lowest BCUT2D eigenvalue weighted by molar-refractivity contribution is 0.0702. The van der Waals surface area contributed by atoms with Crippen molar-refractivity contribution in [1.29, 1.82) is 0 Å². The van der Waals surface area contributed by atoms with Crippen LogP contribution >= 0.6 is 0 Å². The maximum absolute atomic E-state index is 5.46. The Morgan fingerprint density at radius 3 is 2.38 bits per heavy atom. The van der Waals surface area contributed by atoms with Gasteiger partial charge in [0.15, 0.2) is 5.96 Å². The molecule has 1 aliphatic heterocycles. The molecule has 1 fully saturated rings. The second-order valence-electron chi connectivity index (χ2n) is 6.63. The first kappa shape index (κ1) is 23.1. The van der Waals surface area contributed by atoms with Gasteiger partial charge in [-0.1, -0.05) is 6.92 Å². The average molecular weight is 372 g/mol. The van der Waals surface area contributed by atoms with Crippen LogP contribution in [0.15, 0.2) is 4.99 Å². The summed E-state index contributed by atoms with van der Waals surface area (Å²) in [5.74, 6) is 0.918. The van der Waals surface area contributed by atoms with Crippen LogP contribution in [0.5, 0.6) is 0 Å². The minimum absolute atomic E-state index is 0.655. The fraction of sp³-hybridized carbons (Fsp3) is 0.947. The molecule has 0 aromatic rings. The lowest BCUT2D eigenvalue weighted by Crippen LogP contribution is -2.46. The predicted molar refractivity (Wildman–Crippen MR) is 109 cm³/mol. The van der Waals surface area contributed by atoms with Crippen LogP contribution in [0.1, 0.15) is 33.1 Å². The van der Waals surface area contributed by atoms with Gasteiger partial charge < -0.3 is 29.9 Å². The van der Waals surface area contributed by atoms with Crippen LogP contribution in [0.2, 0.25) is 0 Å². The molecule has 0 radical (unpaired) electrons. The highest BCUT2D eigenvalue weighted by Crippen LogP contribution is 2.02. The molecule has 2 N–H and O–H groups in total. The normalized spacial score (nSPS) is 16.8. The lowest BCUT2D eigenvalue weighted by Gasteiger charge is -2.34. The van der Waals surface area contributed by atoms with E-state index < -0.39 is 0 Å². The first-order valence-corrected chi connectivity index (χ1v) is 10.3. The van der Waals surface area contributed by atoms with Gasteiger partial charge in [-0.25, -0.2) is 0 Å². The molecule has 0 aromatic carbocycles. The van der Waals surface area contributed by atoms with Gasteiger partial charge in [-0.3, -0.25) is 4.99 Å². The van der Waals surface area contributed by atoms with Gasteiger partial charge in [-0.2, -0.15) is 0 Å². The Morgan fingerprint density at radius 1 is 0.923 bits per heavy atom. The summed E-state index contributed by atoms with van der Waals surface area (Å²) in [5, 5.41) is 6.74. The van der Waals surface area contributed by atoms with E-state index in [4.69, 9.17) is 9.47 Å². The van der Waals surface area contributed by atoms with Crippen molar-refractivity contribution in [3.05, 3.63) is 0 Å². The zero-order chi connectivity index (χ0) is 18.9. The van der Waals surface area contributed by atoms with Gasteiger partial charge in [-0.15, -0.1) is 0 Å². The fourth-order valence-corrected chi connectivity index (χ4v) is 2.94. The Morgan fingerprint density at radius 2 is 1.69 bits per heavy atom. The van der Waals surface area contributed by atoms with E-state index in [0.29, 0.717) is 13.2 Å². The predicted octanol–water partition coefficient (Wildman–Crippen LogP) is 1.01. The Labute approximate surface area is 160 Å². The highest BCUT2D eigenvalue weighted by Gasteiger charge is 2.14. The second kappa shape index (κ2) is 16.3. The number of aliphatic imine (C=N–C) groups is 1. The smallest absolute Gasteiger partial charge is 0.191 e. The van der Waals surface area contributed by atoms with Crippen molar-refractivity contribution in [2.24, 2.45) is 4.99 Å². The summed E-state index contributed by atoms with van der Waals surface area (Å²) in [6, 6.07) is 0. The maximum atomic E-state index is 5.46. The molecule has 0 unspecified atom stereocenters. The van der Waals surface area contributed by atoms with Crippen molar-refractivity contribution in [1.82, 2.24) is 20.4 Å². The van der Waals surface area contributed by atoms with Gasteiger partial charge in [0.1, 0.15) is 0 Å². The average Bonchev–Trinajstić information content (AvgIpc) is 2.67. The van der Waals surface area contributed by atoms with E-state index in [2.05, 4.69) is 39.3 Å². The van der Waals surface area contributed by atoms with E-state index in [0.717, 1.165) is 38.6 Å². The van der Waals surface area contributed by atoms with Crippen LogP contribution in [0.25, 0.3) is 0 Å². The van der Waals surface area contributed by atoms with E-state index in [9.17, 15) is 0 Å². The van der Waals surface area contributed by atoms with Crippen LogP contribution < -0.4 is 10.6 Å². The second-order valence-corrected chi connectivity index (χ2v) is 6.63. The summed E-state index contributed by atoms with van der Waals surface area (Å²) in [5.41, 5.74) is 0. The molecule has 1 saturated heterocycles. The molecule has 0 aromatic heterocycles. The van der Waals surface area contributed by atoms with Crippen LogP contribution in [0.4, 0.5) is 0 Å². The summed E-state index contributed by atoms with van der Waals surface area (Å²) < 4.78 is 10.4. The van der Waals surface area contributed by atoms with Crippen molar-refractivity contribution in [3.8, 4) is 0 Å². The first-order valence-electron chi connectivity index (χ1n) is 10.3. The molecule has 7 nitrogen and oxygen atoms in total. The number of guanidine groups is 1. The number of nitrogens with zero attached hydrogens (tertiary/aromatic N) is 3. The van der Waals surface area contributed by atoms with E-state index in [-0.39, 0.29) is 0 Å². The monoisotopic (exact) mass is 371 g/mol. The van der Waals surface area contributed by atoms with Crippen molar-refractivity contribution < 1.29 is 9.47 Å². The third-order valence-corrected chi connectivity index (χ3v) is 4.60. The van der Waals surface area contributed by atoms with Crippen LogP contribution in [-0.4, -0.2) is 102 Å². The Kier molecular flexibility index (Phi) is 14.5. The minimum atomic E-state index is 0.655. The van der Waals surface area contributed by atoms with Crippen molar-refractivity contribution in [2.75, 3.05) is 85.8 Å². The number of unbranched alkanes of at least 4 members (excludes halogenated alkanes) is 1. The number of nitrogens with one attached hydrogen (secondary N) is 2. The standard InChI is InChI=1S/C19H41N5O2/c1-4-20-19(22-10-8-16-26-18-17-25-3)21-9-6-7-11-24-14-12-23(5-2)13-15-24/h4-18H2,1-3H3,(H2,20,21,22). The Hall–Kier alpha value is -0.890. The lowest BCUT2D eigenvalue weighted by atomic mass is 10.2. The van der Waals surface area contributed by atoms with E-state index in [1.807, 2.05) is 0 Å². The zero-order valence-corrected chi connectivity index (χ0v) is 17.3. The quantitative estimate of drug-likeness (QED) is 0.270. The third kappa shape index (κ3) is 11.7. The summed E-state index contributed by atoms with van der Waals surface area (Å²) in [6.07, 6.45) is 3.36. The molecule has 0 aliphatic carbocycles. The van der Waals surface area contributed by atoms with Gasteiger partial charge in [0.2, 0.25) is 0 Å². The first-order chi connectivity index (χ1) is 12.8. The van der Waals surface area contributed by atoms with Crippen molar-refractivity contribution in [3.63, 3.8) is 0 Å². The highest BCUT2D eigenvalue weighted by atomic mass is 16.5. The fourth-order valence-electron chi connectivity index (χ4n) is 2.94. The number of methoxy groups -OCH3 is 1. The van der Waals surface area contributed by atoms with E-state index in [1.54, 1.807) is 7.11 Å². The van der Waals surface area contributed by atoms with Gasteiger partial charge >= 0.3 is 0 Å². The summed E-state index contributed by atoms with van der Waals surface area (Å²) in [6.45, 7) is 16.3. The number of ether oxygens (including phenoxy) is 2. The number of likely N-dealkylation sites (N-methyl/N-ethyl adjacent to an activating group) is 1. The van der Waals surface area contributed by atoms with Crippen molar-refractivity contribution in [2.45, 2.75) is 33.1 Å². The van der Waals surface area contributed by atoms with E-state index >= 15 is 0 Å². The topological polar surface area (TPSA) is 61.4 Å². The van der Waals surface area contributed by atoms with Gasteiger partial charge in [0, 0.05) is 59.5 Å². The Bertz CT molecular complexity index is 347. The van der Waals surface area contributed by atoms with Crippen LogP contribution in [-0.2, 0) is 9.47 Å². The minimum Gasteiger partial charge on any atom is -0.382 e. The van der Waals surface area contributed by atoms with Crippen molar-refractivity contribution >= 4 is 5.96 Å². The zero-order valence-electron chi connectivity index (χ0n) is 17.3. The molecular formula is C19H41N5O2. The molecule has 154 valence electrons. The van der Waals surface area contributed by atoms with Gasteiger partial charge in [0.05, 0.1) is 13.2 Å². The molecule has 0 atom stereocenters. The molecule has 0 spiro atoms. The molecule has 7 heteroatoms. The third-order valence-electron chi connectivity index (χ3n) is 4.60. The van der Waals surface area contributed by atoms with Gasteiger partial charge in [-0.05, 0) is 39.3 Å². The summed E-state index contributed by atoms with van der Waals surface area (Å²) in [4.78, 5) is 9.72. The molecule has 1 heterocycles. The molecule has 1 aliphatic rings. The highest BCUT2D eigenvalue weighted by molar-refractivity contribution is 5.79. The molecule has 0 bridgehead atoms. The van der Waals surface area contributed by atoms with E-state index in [1.165, 1.54) is 52.1 Å². The maximum Gasteiger partial charge on any atom is 0.191 e. The summed E-state index contributed by atoms with van der Waals surface area (Å²) in [7, 11) is 1.69.